The van der Waals surface area contributed by atoms with Crippen molar-refractivity contribution in [1.82, 2.24) is 5.32 Å². The third-order valence-electron chi connectivity index (χ3n) is 2.25. The normalized spacial score (nSPS) is 12.9. The minimum Gasteiger partial charge on any atom is -0.465 e. The van der Waals surface area contributed by atoms with Gasteiger partial charge in [-0.15, -0.1) is 0 Å². The molecule has 1 aromatic rings. The zero-order chi connectivity index (χ0) is 11.4. The summed E-state index contributed by atoms with van der Waals surface area (Å²) in [4.78, 5) is 11.5. The fourth-order valence-corrected chi connectivity index (χ4v) is 1.17. The maximum absolute atomic E-state index is 11.5. The summed E-state index contributed by atoms with van der Waals surface area (Å²) in [6.07, 6.45) is 0. The second-order valence-corrected chi connectivity index (χ2v) is 4.00. The number of rotatable bonds is 4. The van der Waals surface area contributed by atoms with Crippen LogP contribution in [0.25, 0.3) is 0 Å². The van der Waals surface area contributed by atoms with E-state index in [9.17, 15) is 4.79 Å². The molecule has 0 aliphatic heterocycles. The molecule has 84 valence electrons. The van der Waals surface area contributed by atoms with Gasteiger partial charge in [-0.1, -0.05) is 13.8 Å². The summed E-state index contributed by atoms with van der Waals surface area (Å²) in [6, 6.07) is 3.25. The second kappa shape index (κ2) is 4.98. The molecule has 4 heteroatoms. The average molecular weight is 210 g/mol. The summed E-state index contributed by atoms with van der Waals surface area (Å²) < 4.78 is 5.32. The summed E-state index contributed by atoms with van der Waals surface area (Å²) in [5.41, 5.74) is 5.69. The Labute approximate surface area is 89.8 Å². The molecule has 15 heavy (non-hydrogen) atoms. The number of carbonyl (C=O) groups is 1. The molecule has 0 radical (unpaired) electrons. The van der Waals surface area contributed by atoms with Crippen LogP contribution in [0, 0.1) is 12.8 Å². The number of nitrogens with one attached hydrogen (secondary N) is 1. The lowest BCUT2D eigenvalue weighted by molar-refractivity contribution is -0.123. The molecule has 0 aromatic carbocycles. The van der Waals surface area contributed by atoms with Gasteiger partial charge in [-0.05, 0) is 25.0 Å². The first-order valence-electron chi connectivity index (χ1n) is 5.09. The third-order valence-corrected chi connectivity index (χ3v) is 2.25. The van der Waals surface area contributed by atoms with Crippen molar-refractivity contribution in [2.24, 2.45) is 11.7 Å². The average Bonchev–Trinajstić information content (AvgIpc) is 2.59. The Balaban J connectivity index is 2.40. The Bertz CT molecular complexity index is 331. The standard InChI is InChI=1S/C11H18N2O2/c1-7(2)10(12)11(14)13-6-9-5-4-8(3)15-9/h4-5,7,10H,6,12H2,1-3H3,(H,13,14)/t10-/m1/s1. The minimum absolute atomic E-state index is 0.140. The van der Waals surface area contributed by atoms with E-state index in [1.165, 1.54) is 0 Å². The topological polar surface area (TPSA) is 68.3 Å². The third kappa shape index (κ3) is 3.40. The minimum atomic E-state index is -0.457. The number of nitrogens with two attached hydrogens (primary N) is 1. The molecule has 1 rings (SSSR count). The van der Waals surface area contributed by atoms with Crippen LogP contribution in [0.2, 0.25) is 0 Å². The van der Waals surface area contributed by atoms with Gasteiger partial charge in [0, 0.05) is 0 Å². The lowest BCUT2D eigenvalue weighted by atomic mass is 10.1. The van der Waals surface area contributed by atoms with Gasteiger partial charge in [0.25, 0.3) is 0 Å². The number of hydrogen-bond acceptors (Lipinski definition) is 3. The molecule has 1 amide bonds. The molecular formula is C11H18N2O2. The van der Waals surface area contributed by atoms with Crippen LogP contribution in [0.5, 0.6) is 0 Å². The fraction of sp³-hybridized carbons (Fsp3) is 0.545. The maximum atomic E-state index is 11.5. The Hall–Kier alpha value is -1.29. The summed E-state index contributed by atoms with van der Waals surface area (Å²) in [7, 11) is 0. The molecule has 1 aromatic heterocycles. The van der Waals surface area contributed by atoms with Gasteiger partial charge < -0.3 is 15.5 Å². The summed E-state index contributed by atoms with van der Waals surface area (Å²) >= 11 is 0. The van der Waals surface area contributed by atoms with Gasteiger partial charge in [-0.3, -0.25) is 4.79 Å². The van der Waals surface area contributed by atoms with Crippen molar-refractivity contribution in [2.75, 3.05) is 0 Å². The highest BCUT2D eigenvalue weighted by Gasteiger charge is 2.16. The number of aryl methyl sites for hydroxylation is 1. The molecule has 0 aliphatic carbocycles. The van der Waals surface area contributed by atoms with Gasteiger partial charge in [0.05, 0.1) is 12.6 Å². The molecule has 3 N–H and O–H groups in total. The van der Waals surface area contributed by atoms with Crippen molar-refractivity contribution < 1.29 is 9.21 Å². The van der Waals surface area contributed by atoms with Crippen LogP contribution >= 0.6 is 0 Å². The van der Waals surface area contributed by atoms with E-state index in [0.717, 1.165) is 11.5 Å². The largest absolute Gasteiger partial charge is 0.465 e. The highest BCUT2D eigenvalue weighted by molar-refractivity contribution is 5.81. The van der Waals surface area contributed by atoms with E-state index < -0.39 is 6.04 Å². The van der Waals surface area contributed by atoms with E-state index >= 15 is 0 Å². The molecule has 0 spiro atoms. The highest BCUT2D eigenvalue weighted by Crippen LogP contribution is 2.06. The van der Waals surface area contributed by atoms with Crippen LogP contribution in [0.15, 0.2) is 16.5 Å². The number of amides is 1. The first-order valence-corrected chi connectivity index (χ1v) is 5.09. The molecule has 0 bridgehead atoms. The SMILES string of the molecule is Cc1ccc(CNC(=O)[C@H](N)C(C)C)o1. The van der Waals surface area contributed by atoms with Crippen LogP contribution in [0.1, 0.15) is 25.4 Å². The monoisotopic (exact) mass is 210 g/mol. The van der Waals surface area contributed by atoms with Crippen molar-refractivity contribution in [2.45, 2.75) is 33.4 Å². The van der Waals surface area contributed by atoms with Gasteiger partial charge in [0.15, 0.2) is 0 Å². The fourth-order valence-electron chi connectivity index (χ4n) is 1.17. The van der Waals surface area contributed by atoms with E-state index in [1.54, 1.807) is 0 Å². The predicted octanol–water partition coefficient (Wildman–Crippen LogP) is 1.19. The van der Waals surface area contributed by atoms with Crippen LogP contribution in [-0.4, -0.2) is 11.9 Å². The first-order chi connectivity index (χ1) is 7.00. The van der Waals surface area contributed by atoms with Gasteiger partial charge in [-0.25, -0.2) is 0 Å². The molecule has 0 fully saturated rings. The predicted molar refractivity (Wildman–Crippen MR) is 58.1 cm³/mol. The highest BCUT2D eigenvalue weighted by atomic mass is 16.3. The molecule has 1 heterocycles. The number of hydrogen-bond donors (Lipinski definition) is 2. The van der Waals surface area contributed by atoms with Crippen LogP contribution in [0.4, 0.5) is 0 Å². The zero-order valence-electron chi connectivity index (χ0n) is 9.41. The van der Waals surface area contributed by atoms with E-state index in [1.807, 2.05) is 32.9 Å². The molecule has 0 saturated carbocycles. The van der Waals surface area contributed by atoms with Gasteiger partial charge in [0.2, 0.25) is 5.91 Å². The Morgan fingerprint density at radius 3 is 2.67 bits per heavy atom. The molecular weight excluding hydrogens is 192 g/mol. The second-order valence-electron chi connectivity index (χ2n) is 4.00. The van der Waals surface area contributed by atoms with Crippen molar-refractivity contribution in [1.29, 1.82) is 0 Å². The van der Waals surface area contributed by atoms with Gasteiger partial charge in [-0.2, -0.15) is 0 Å². The first kappa shape index (κ1) is 11.8. The van der Waals surface area contributed by atoms with E-state index in [0.29, 0.717) is 6.54 Å². The molecule has 0 aliphatic rings. The van der Waals surface area contributed by atoms with Crippen LogP contribution in [0.3, 0.4) is 0 Å². The Kier molecular flexibility index (Phi) is 3.91. The zero-order valence-corrected chi connectivity index (χ0v) is 9.41. The van der Waals surface area contributed by atoms with Crippen LogP contribution < -0.4 is 11.1 Å². The molecule has 0 unspecified atom stereocenters. The lowest BCUT2D eigenvalue weighted by Crippen LogP contribution is -2.43. The molecule has 0 saturated heterocycles. The quantitative estimate of drug-likeness (QED) is 0.784. The van der Waals surface area contributed by atoms with E-state index in [2.05, 4.69) is 5.32 Å². The van der Waals surface area contributed by atoms with Crippen molar-refractivity contribution in [3.05, 3.63) is 23.7 Å². The van der Waals surface area contributed by atoms with Crippen molar-refractivity contribution >= 4 is 5.91 Å². The smallest absolute Gasteiger partial charge is 0.237 e. The van der Waals surface area contributed by atoms with Gasteiger partial charge >= 0.3 is 0 Å². The number of carbonyl (C=O) groups excluding carboxylic acids is 1. The Morgan fingerprint density at radius 1 is 1.53 bits per heavy atom. The van der Waals surface area contributed by atoms with E-state index in [4.69, 9.17) is 10.2 Å². The number of furan rings is 1. The van der Waals surface area contributed by atoms with Crippen LogP contribution in [-0.2, 0) is 11.3 Å². The van der Waals surface area contributed by atoms with E-state index in [-0.39, 0.29) is 11.8 Å². The summed E-state index contributed by atoms with van der Waals surface area (Å²) in [5.74, 6) is 1.59. The summed E-state index contributed by atoms with van der Waals surface area (Å²) in [6.45, 7) is 6.10. The maximum Gasteiger partial charge on any atom is 0.237 e. The Morgan fingerprint density at radius 2 is 2.20 bits per heavy atom. The van der Waals surface area contributed by atoms with Crippen molar-refractivity contribution in [3.8, 4) is 0 Å². The molecule has 1 atom stereocenters. The lowest BCUT2D eigenvalue weighted by Gasteiger charge is -2.14. The summed E-state index contributed by atoms with van der Waals surface area (Å²) in [5, 5.41) is 2.74. The van der Waals surface area contributed by atoms with Gasteiger partial charge in [0.1, 0.15) is 11.5 Å². The molecule has 4 nitrogen and oxygen atoms in total. The van der Waals surface area contributed by atoms with Crippen molar-refractivity contribution in [3.63, 3.8) is 0 Å².